The third-order valence-corrected chi connectivity index (χ3v) is 2.90. The van der Waals surface area contributed by atoms with Gasteiger partial charge in [-0.05, 0) is 12.1 Å². The summed E-state index contributed by atoms with van der Waals surface area (Å²) in [4.78, 5) is 0. The first kappa shape index (κ1) is 16.4. The monoisotopic (exact) mass is 337 g/mol. The first-order chi connectivity index (χ1) is 9.84. The SMILES string of the molecule is FC(F)(F)C(n1nnc2ccccc21)(C(F)(F)F)C(F)(F)F. The summed E-state index contributed by atoms with van der Waals surface area (Å²) in [5.74, 6) is 0. The molecule has 0 aliphatic rings. The summed E-state index contributed by atoms with van der Waals surface area (Å²) in [7, 11) is 0. The van der Waals surface area contributed by atoms with Crippen LogP contribution in [0.3, 0.4) is 0 Å². The summed E-state index contributed by atoms with van der Waals surface area (Å²) in [6, 6.07) is 3.72. The molecule has 2 aromatic rings. The molecule has 2 rings (SSSR count). The summed E-state index contributed by atoms with van der Waals surface area (Å²) in [6.07, 6.45) is -20.2. The van der Waals surface area contributed by atoms with Crippen molar-refractivity contribution in [2.45, 2.75) is 24.1 Å². The standard InChI is InChI=1S/C10H4F9N3/c11-8(12,13)7(9(14,15)16,10(17,18)19)22-6-4-2-1-3-5(6)20-21-22/h1-4H. The fraction of sp³-hybridized carbons (Fsp3) is 0.400. The van der Waals surface area contributed by atoms with Crippen molar-refractivity contribution in [2.24, 2.45) is 0 Å². The third kappa shape index (κ3) is 2.00. The molecule has 0 saturated heterocycles. The Bertz CT molecular complexity index is 643. The molecule has 0 aliphatic heterocycles. The number of nitrogens with zero attached hydrogens (tertiary/aromatic N) is 3. The van der Waals surface area contributed by atoms with E-state index in [0.717, 1.165) is 12.1 Å². The molecule has 0 unspecified atom stereocenters. The number of aromatic nitrogens is 3. The van der Waals surface area contributed by atoms with Crippen molar-refractivity contribution in [2.75, 3.05) is 0 Å². The Morgan fingerprint density at radius 3 is 1.64 bits per heavy atom. The van der Waals surface area contributed by atoms with Gasteiger partial charge >= 0.3 is 24.1 Å². The van der Waals surface area contributed by atoms with Gasteiger partial charge in [0, 0.05) is 0 Å². The van der Waals surface area contributed by atoms with Crippen LogP contribution in [0.2, 0.25) is 0 Å². The van der Waals surface area contributed by atoms with E-state index in [2.05, 4.69) is 10.3 Å². The van der Waals surface area contributed by atoms with Gasteiger partial charge in [0.25, 0.3) is 0 Å². The van der Waals surface area contributed by atoms with Gasteiger partial charge in [0.05, 0.1) is 5.52 Å². The van der Waals surface area contributed by atoms with Crippen LogP contribution in [0.4, 0.5) is 39.5 Å². The minimum absolute atomic E-state index is 0.537. The van der Waals surface area contributed by atoms with E-state index in [0.29, 0.717) is 6.07 Å². The highest BCUT2D eigenvalue weighted by Gasteiger charge is 2.86. The summed E-state index contributed by atoms with van der Waals surface area (Å²) >= 11 is 0. The lowest BCUT2D eigenvalue weighted by molar-refractivity contribution is -0.415. The van der Waals surface area contributed by atoms with Gasteiger partial charge in [-0.2, -0.15) is 39.5 Å². The predicted octanol–water partition coefficient (Wildman–Crippen LogP) is 3.81. The molecule has 1 aromatic heterocycles. The van der Waals surface area contributed by atoms with E-state index in [4.69, 9.17) is 0 Å². The van der Waals surface area contributed by atoms with Crippen molar-refractivity contribution in [1.29, 1.82) is 0 Å². The normalized spacial score (nSPS) is 14.6. The summed E-state index contributed by atoms with van der Waals surface area (Å²) in [5, 5.41) is 5.41. The maximum atomic E-state index is 12.9. The van der Waals surface area contributed by atoms with E-state index in [9.17, 15) is 39.5 Å². The van der Waals surface area contributed by atoms with Gasteiger partial charge in [-0.3, -0.25) is 0 Å². The molecule has 0 atom stereocenters. The molecule has 0 bridgehead atoms. The molecule has 122 valence electrons. The molecule has 0 N–H and O–H groups in total. The number of hydrogen-bond acceptors (Lipinski definition) is 2. The van der Waals surface area contributed by atoms with Gasteiger partial charge < -0.3 is 0 Å². The lowest BCUT2D eigenvalue weighted by Crippen LogP contribution is -2.67. The molecule has 1 heterocycles. The second-order valence-corrected chi connectivity index (χ2v) is 4.19. The topological polar surface area (TPSA) is 30.7 Å². The predicted molar refractivity (Wildman–Crippen MR) is 53.7 cm³/mol. The Labute approximate surface area is 115 Å². The number of halogens is 9. The zero-order valence-corrected chi connectivity index (χ0v) is 10.1. The van der Waals surface area contributed by atoms with Crippen LogP contribution in [0.1, 0.15) is 0 Å². The zero-order valence-electron chi connectivity index (χ0n) is 10.1. The minimum Gasteiger partial charge on any atom is -0.212 e. The van der Waals surface area contributed by atoms with Crippen LogP contribution in [0.15, 0.2) is 24.3 Å². The molecular weight excluding hydrogens is 333 g/mol. The van der Waals surface area contributed by atoms with E-state index in [1.807, 2.05) is 0 Å². The first-order valence-corrected chi connectivity index (χ1v) is 5.35. The lowest BCUT2D eigenvalue weighted by Gasteiger charge is -2.38. The molecule has 1 aromatic carbocycles. The maximum Gasteiger partial charge on any atom is 0.431 e. The van der Waals surface area contributed by atoms with Crippen molar-refractivity contribution in [3.05, 3.63) is 24.3 Å². The highest BCUT2D eigenvalue weighted by atomic mass is 19.4. The minimum atomic E-state index is -6.74. The molecular formula is C10H4F9N3. The Kier molecular flexibility index (Phi) is 3.34. The van der Waals surface area contributed by atoms with Crippen LogP contribution in [0.5, 0.6) is 0 Å². The van der Waals surface area contributed by atoms with Crippen molar-refractivity contribution in [3.8, 4) is 0 Å². The molecule has 3 nitrogen and oxygen atoms in total. The average Bonchev–Trinajstić information content (AvgIpc) is 2.68. The Balaban J connectivity index is 2.97. The van der Waals surface area contributed by atoms with Crippen LogP contribution in [-0.4, -0.2) is 33.5 Å². The van der Waals surface area contributed by atoms with Gasteiger partial charge in [0.2, 0.25) is 0 Å². The van der Waals surface area contributed by atoms with Crippen LogP contribution in [0.25, 0.3) is 11.0 Å². The highest BCUT2D eigenvalue weighted by molar-refractivity contribution is 5.74. The summed E-state index contributed by atoms with van der Waals surface area (Å²) < 4.78 is 115. The van der Waals surface area contributed by atoms with Gasteiger partial charge in [-0.25, -0.2) is 4.68 Å². The largest absolute Gasteiger partial charge is 0.431 e. The smallest absolute Gasteiger partial charge is 0.212 e. The number of rotatable bonds is 1. The van der Waals surface area contributed by atoms with Crippen LogP contribution >= 0.6 is 0 Å². The van der Waals surface area contributed by atoms with E-state index in [1.54, 1.807) is 0 Å². The first-order valence-electron chi connectivity index (χ1n) is 5.35. The van der Waals surface area contributed by atoms with Crippen molar-refractivity contribution in [1.82, 2.24) is 15.0 Å². The quantitative estimate of drug-likeness (QED) is 0.741. The van der Waals surface area contributed by atoms with E-state index in [-0.39, 0.29) is 0 Å². The van der Waals surface area contributed by atoms with Gasteiger partial charge in [-0.15, -0.1) is 5.10 Å². The molecule has 0 radical (unpaired) electrons. The molecule has 0 fully saturated rings. The van der Waals surface area contributed by atoms with Gasteiger partial charge in [0.1, 0.15) is 5.52 Å². The lowest BCUT2D eigenvalue weighted by atomic mass is 9.96. The van der Waals surface area contributed by atoms with Gasteiger partial charge in [0.15, 0.2) is 0 Å². The van der Waals surface area contributed by atoms with Crippen molar-refractivity contribution < 1.29 is 39.5 Å². The number of fused-ring (bicyclic) bond motifs is 1. The molecule has 0 spiro atoms. The summed E-state index contributed by atoms with van der Waals surface area (Å²) in [5.41, 5.74) is -7.78. The fourth-order valence-electron chi connectivity index (χ4n) is 1.96. The van der Waals surface area contributed by atoms with Gasteiger partial charge in [-0.1, -0.05) is 17.3 Å². The molecule has 12 heteroatoms. The Hall–Kier alpha value is -2.01. The number of benzene rings is 1. The number of hydrogen-bond donors (Lipinski definition) is 0. The summed E-state index contributed by atoms with van der Waals surface area (Å²) in [6.45, 7) is 0. The average molecular weight is 337 g/mol. The molecule has 0 amide bonds. The second kappa shape index (κ2) is 4.49. The van der Waals surface area contributed by atoms with E-state index in [1.165, 1.54) is 6.07 Å². The molecule has 0 aliphatic carbocycles. The highest BCUT2D eigenvalue weighted by Crippen LogP contribution is 2.57. The fourth-order valence-corrected chi connectivity index (χ4v) is 1.96. The number of para-hydroxylation sites is 1. The van der Waals surface area contributed by atoms with Crippen LogP contribution in [0, 0.1) is 0 Å². The molecule has 22 heavy (non-hydrogen) atoms. The van der Waals surface area contributed by atoms with Crippen LogP contribution < -0.4 is 0 Å². The van der Waals surface area contributed by atoms with Crippen LogP contribution in [-0.2, 0) is 5.54 Å². The third-order valence-electron chi connectivity index (χ3n) is 2.90. The zero-order chi connectivity index (χ0) is 17.0. The second-order valence-electron chi connectivity index (χ2n) is 4.19. The van der Waals surface area contributed by atoms with E-state index >= 15 is 0 Å². The van der Waals surface area contributed by atoms with Crippen molar-refractivity contribution in [3.63, 3.8) is 0 Å². The Morgan fingerprint density at radius 2 is 1.18 bits per heavy atom. The molecule has 0 saturated carbocycles. The maximum absolute atomic E-state index is 12.9. The Morgan fingerprint density at radius 1 is 0.727 bits per heavy atom. The number of alkyl halides is 9. The van der Waals surface area contributed by atoms with E-state index < -0.39 is 39.8 Å². The van der Waals surface area contributed by atoms with Crippen molar-refractivity contribution >= 4 is 11.0 Å².